The second-order valence-corrected chi connectivity index (χ2v) is 9.23. The first-order valence-electron chi connectivity index (χ1n) is 8.10. The zero-order chi connectivity index (χ0) is 17.9. The summed E-state index contributed by atoms with van der Waals surface area (Å²) in [5, 5.41) is 10.4. The van der Waals surface area contributed by atoms with Gasteiger partial charge in [-0.15, -0.1) is 10.2 Å². The molecule has 0 spiro atoms. The number of carbonyl (C=O) groups excluding carboxylic acids is 1. The van der Waals surface area contributed by atoms with Gasteiger partial charge >= 0.3 is 0 Å². The molecule has 136 valence electrons. The Kier molecular flexibility index (Phi) is 5.50. The summed E-state index contributed by atoms with van der Waals surface area (Å²) < 4.78 is 31.2. The molecular weight excluding hydrogens is 364 g/mol. The molecule has 0 bridgehead atoms. The Hall–Kier alpha value is -1.78. The van der Waals surface area contributed by atoms with Crippen LogP contribution in [-0.4, -0.2) is 35.9 Å². The SMILES string of the molecule is CN(Cc1ccco1)S(=O)(=O)c1nnc(NC(=O)C2CCCCC2)s1. The highest BCUT2D eigenvalue weighted by Gasteiger charge is 2.28. The normalized spacial score (nSPS) is 16.2. The van der Waals surface area contributed by atoms with Gasteiger partial charge < -0.3 is 9.73 Å². The highest BCUT2D eigenvalue weighted by Crippen LogP contribution is 2.27. The summed E-state index contributed by atoms with van der Waals surface area (Å²) in [5.74, 6) is 0.393. The number of amides is 1. The van der Waals surface area contributed by atoms with Crippen molar-refractivity contribution in [2.45, 2.75) is 43.0 Å². The van der Waals surface area contributed by atoms with Crippen LogP contribution in [0.4, 0.5) is 5.13 Å². The lowest BCUT2D eigenvalue weighted by Gasteiger charge is -2.19. The van der Waals surface area contributed by atoms with Crippen molar-refractivity contribution in [1.29, 1.82) is 0 Å². The highest BCUT2D eigenvalue weighted by atomic mass is 32.2. The van der Waals surface area contributed by atoms with E-state index < -0.39 is 10.0 Å². The predicted molar refractivity (Wildman–Crippen MR) is 92.5 cm³/mol. The molecule has 1 amide bonds. The minimum Gasteiger partial charge on any atom is -0.468 e. The zero-order valence-corrected chi connectivity index (χ0v) is 15.5. The predicted octanol–water partition coefficient (Wildman–Crippen LogP) is 2.47. The summed E-state index contributed by atoms with van der Waals surface area (Å²) in [6.45, 7) is 0.0959. The molecule has 1 aliphatic carbocycles. The maximum absolute atomic E-state index is 12.5. The first kappa shape index (κ1) is 18.0. The Morgan fingerprint density at radius 3 is 2.80 bits per heavy atom. The summed E-state index contributed by atoms with van der Waals surface area (Å²) in [7, 11) is -2.34. The van der Waals surface area contributed by atoms with Crippen molar-refractivity contribution < 1.29 is 17.6 Å². The highest BCUT2D eigenvalue weighted by molar-refractivity contribution is 7.91. The number of nitrogens with one attached hydrogen (secondary N) is 1. The molecule has 2 heterocycles. The summed E-state index contributed by atoms with van der Waals surface area (Å²) in [6, 6.07) is 3.39. The Balaban J connectivity index is 1.66. The Labute approximate surface area is 150 Å². The van der Waals surface area contributed by atoms with Gasteiger partial charge in [-0.3, -0.25) is 4.79 Å². The number of nitrogens with zero attached hydrogens (tertiary/aromatic N) is 3. The fraction of sp³-hybridized carbons (Fsp3) is 0.533. The summed E-state index contributed by atoms with van der Waals surface area (Å²) in [5.41, 5.74) is 0. The third kappa shape index (κ3) is 4.25. The number of hydrogen-bond acceptors (Lipinski definition) is 7. The smallest absolute Gasteiger partial charge is 0.272 e. The van der Waals surface area contributed by atoms with E-state index in [0.29, 0.717) is 5.76 Å². The number of anilines is 1. The number of sulfonamides is 1. The molecule has 8 nitrogen and oxygen atoms in total. The first-order valence-corrected chi connectivity index (χ1v) is 10.4. The molecular formula is C15H20N4O4S2. The van der Waals surface area contributed by atoms with Crippen LogP contribution in [0.15, 0.2) is 27.2 Å². The number of carbonyl (C=O) groups is 1. The Morgan fingerprint density at radius 2 is 2.12 bits per heavy atom. The van der Waals surface area contributed by atoms with Gasteiger partial charge in [0.25, 0.3) is 10.0 Å². The van der Waals surface area contributed by atoms with E-state index in [1.165, 1.54) is 13.3 Å². The van der Waals surface area contributed by atoms with E-state index in [-0.39, 0.29) is 27.8 Å². The molecule has 2 aromatic heterocycles. The van der Waals surface area contributed by atoms with Crippen molar-refractivity contribution in [3.05, 3.63) is 24.2 Å². The molecule has 1 saturated carbocycles. The lowest BCUT2D eigenvalue weighted by atomic mass is 9.89. The largest absolute Gasteiger partial charge is 0.468 e. The fourth-order valence-electron chi connectivity index (χ4n) is 2.78. The van der Waals surface area contributed by atoms with Gasteiger partial charge in [-0.1, -0.05) is 30.6 Å². The molecule has 0 radical (unpaired) electrons. The van der Waals surface area contributed by atoms with Crippen molar-refractivity contribution in [1.82, 2.24) is 14.5 Å². The van der Waals surface area contributed by atoms with Crippen molar-refractivity contribution in [3.8, 4) is 0 Å². The van der Waals surface area contributed by atoms with E-state index in [0.717, 1.165) is 47.7 Å². The van der Waals surface area contributed by atoms with E-state index in [9.17, 15) is 13.2 Å². The van der Waals surface area contributed by atoms with Crippen LogP contribution >= 0.6 is 11.3 Å². The monoisotopic (exact) mass is 384 g/mol. The quantitative estimate of drug-likeness (QED) is 0.767. The molecule has 2 aromatic rings. The van der Waals surface area contributed by atoms with Crippen molar-refractivity contribution in [2.75, 3.05) is 12.4 Å². The molecule has 0 saturated heterocycles. The Morgan fingerprint density at radius 1 is 1.36 bits per heavy atom. The van der Waals surface area contributed by atoms with Crippen molar-refractivity contribution >= 4 is 32.4 Å². The lowest BCUT2D eigenvalue weighted by Crippen LogP contribution is -2.26. The second-order valence-electron chi connectivity index (χ2n) is 6.04. The van der Waals surface area contributed by atoms with Crippen LogP contribution < -0.4 is 5.32 Å². The topological polar surface area (TPSA) is 105 Å². The fourth-order valence-corrected chi connectivity index (χ4v) is 5.00. The molecule has 1 N–H and O–H groups in total. The third-order valence-electron chi connectivity index (χ3n) is 4.20. The maximum atomic E-state index is 12.5. The van der Waals surface area contributed by atoms with Gasteiger partial charge in [0.1, 0.15) is 5.76 Å². The van der Waals surface area contributed by atoms with Crippen LogP contribution in [0.3, 0.4) is 0 Å². The second kappa shape index (κ2) is 7.63. The number of aromatic nitrogens is 2. The molecule has 25 heavy (non-hydrogen) atoms. The molecule has 1 aliphatic rings. The first-order chi connectivity index (χ1) is 12.0. The van der Waals surface area contributed by atoms with Crippen LogP contribution in [0.2, 0.25) is 0 Å². The summed E-state index contributed by atoms with van der Waals surface area (Å²) in [6.07, 6.45) is 6.47. The van der Waals surface area contributed by atoms with E-state index in [4.69, 9.17) is 4.42 Å². The average Bonchev–Trinajstić information content (AvgIpc) is 3.27. The number of furan rings is 1. The maximum Gasteiger partial charge on any atom is 0.272 e. The van der Waals surface area contributed by atoms with Gasteiger partial charge in [-0.2, -0.15) is 4.31 Å². The van der Waals surface area contributed by atoms with Gasteiger partial charge in [-0.05, 0) is 25.0 Å². The molecule has 3 rings (SSSR count). The van der Waals surface area contributed by atoms with Gasteiger partial charge in [0.05, 0.1) is 12.8 Å². The third-order valence-corrected chi connectivity index (χ3v) is 7.19. The van der Waals surface area contributed by atoms with Crippen LogP contribution in [-0.2, 0) is 21.4 Å². The number of rotatable bonds is 6. The van der Waals surface area contributed by atoms with E-state index in [1.807, 2.05) is 0 Å². The molecule has 10 heteroatoms. The molecule has 0 unspecified atom stereocenters. The van der Waals surface area contributed by atoms with Crippen LogP contribution in [0.25, 0.3) is 0 Å². The molecule has 0 atom stereocenters. The Bertz CT molecular complexity index is 810. The lowest BCUT2D eigenvalue weighted by molar-refractivity contribution is -0.120. The van der Waals surface area contributed by atoms with Crippen molar-refractivity contribution in [2.24, 2.45) is 5.92 Å². The zero-order valence-electron chi connectivity index (χ0n) is 13.8. The van der Waals surface area contributed by atoms with Gasteiger partial charge in [0.2, 0.25) is 15.4 Å². The minimum absolute atomic E-state index is 0.0284. The molecule has 0 aromatic carbocycles. The summed E-state index contributed by atoms with van der Waals surface area (Å²) >= 11 is 0.859. The van der Waals surface area contributed by atoms with E-state index >= 15 is 0 Å². The van der Waals surface area contributed by atoms with Gasteiger partial charge in [0.15, 0.2) is 0 Å². The standard InChI is InChI=1S/C15H20N4O4S2/c1-19(10-12-8-5-9-23-12)25(21,22)15-18-17-14(24-15)16-13(20)11-6-3-2-4-7-11/h5,8-9,11H,2-4,6-7,10H2,1H3,(H,16,17,20). The summed E-state index contributed by atoms with van der Waals surface area (Å²) in [4.78, 5) is 12.2. The van der Waals surface area contributed by atoms with Crippen LogP contribution in [0, 0.1) is 5.92 Å². The molecule has 0 aliphatic heterocycles. The minimum atomic E-state index is -3.79. The van der Waals surface area contributed by atoms with Gasteiger partial charge in [0, 0.05) is 13.0 Å². The number of hydrogen-bond donors (Lipinski definition) is 1. The molecule has 1 fully saturated rings. The van der Waals surface area contributed by atoms with Crippen molar-refractivity contribution in [3.63, 3.8) is 0 Å². The van der Waals surface area contributed by atoms with Gasteiger partial charge in [-0.25, -0.2) is 8.42 Å². The van der Waals surface area contributed by atoms with Crippen LogP contribution in [0.5, 0.6) is 0 Å². The van der Waals surface area contributed by atoms with E-state index in [1.54, 1.807) is 12.1 Å². The van der Waals surface area contributed by atoms with Crippen LogP contribution in [0.1, 0.15) is 37.9 Å². The average molecular weight is 384 g/mol. The van der Waals surface area contributed by atoms with E-state index in [2.05, 4.69) is 15.5 Å².